The molecule has 2 rings (SSSR count). The fraction of sp³-hybridized carbons (Fsp3) is 0.800. The maximum absolute atomic E-state index is 11.8. The molecule has 3 atom stereocenters. The monoisotopic (exact) mass is 182 g/mol. The van der Waals surface area contributed by atoms with Crippen LogP contribution in [0, 0.1) is 17.3 Å². The Bertz CT molecular complexity index is 271. The van der Waals surface area contributed by atoms with E-state index in [2.05, 4.69) is 0 Å². The first kappa shape index (κ1) is 8.73. The van der Waals surface area contributed by atoms with Crippen molar-refractivity contribution >= 4 is 11.8 Å². The minimum atomic E-state index is -1.01. The average Bonchev–Trinajstić information content (AvgIpc) is 2.27. The van der Waals surface area contributed by atoms with Gasteiger partial charge in [0.15, 0.2) is 5.78 Å². The lowest BCUT2D eigenvalue weighted by Gasteiger charge is -2.33. The van der Waals surface area contributed by atoms with E-state index in [-0.39, 0.29) is 17.6 Å². The molecule has 72 valence electrons. The van der Waals surface area contributed by atoms with Crippen molar-refractivity contribution in [2.75, 3.05) is 0 Å². The van der Waals surface area contributed by atoms with Crippen LogP contribution in [0.3, 0.4) is 0 Å². The molecule has 1 N–H and O–H groups in total. The molecule has 0 aromatic heterocycles. The van der Waals surface area contributed by atoms with Gasteiger partial charge in [-0.3, -0.25) is 9.59 Å². The minimum absolute atomic E-state index is 0.00116. The van der Waals surface area contributed by atoms with Gasteiger partial charge < -0.3 is 5.11 Å². The topological polar surface area (TPSA) is 54.4 Å². The smallest absolute Gasteiger partial charge is 0.317 e. The zero-order chi connectivity index (χ0) is 9.64. The molecule has 0 heterocycles. The number of carboxylic acid groups (broad SMARTS) is 1. The summed E-state index contributed by atoms with van der Waals surface area (Å²) >= 11 is 0. The summed E-state index contributed by atoms with van der Waals surface area (Å²) in [4.78, 5) is 22.9. The third kappa shape index (κ3) is 0.901. The molecular formula is C10H14O3. The van der Waals surface area contributed by atoms with Gasteiger partial charge in [0.25, 0.3) is 0 Å². The van der Waals surface area contributed by atoms with Crippen molar-refractivity contribution < 1.29 is 14.7 Å². The van der Waals surface area contributed by atoms with Crippen molar-refractivity contribution in [2.45, 2.75) is 32.6 Å². The normalized spacial score (nSPS) is 43.6. The van der Waals surface area contributed by atoms with Gasteiger partial charge in [-0.15, -0.1) is 0 Å². The highest BCUT2D eigenvalue weighted by Crippen LogP contribution is 2.51. The molecule has 0 spiro atoms. The van der Waals surface area contributed by atoms with Crippen LogP contribution in [-0.2, 0) is 9.59 Å². The Morgan fingerprint density at radius 2 is 2.15 bits per heavy atom. The van der Waals surface area contributed by atoms with Gasteiger partial charge in [0.05, 0.1) is 0 Å². The molecule has 0 radical (unpaired) electrons. The molecule has 2 aliphatic rings. The fourth-order valence-electron chi connectivity index (χ4n) is 2.91. The first-order valence-electron chi connectivity index (χ1n) is 4.86. The molecule has 2 saturated carbocycles. The highest BCUT2D eigenvalue weighted by molar-refractivity contribution is 6.06. The average molecular weight is 182 g/mol. The van der Waals surface area contributed by atoms with Crippen molar-refractivity contribution in [3.8, 4) is 0 Å². The van der Waals surface area contributed by atoms with Gasteiger partial charge in [-0.1, -0.05) is 6.92 Å². The van der Waals surface area contributed by atoms with E-state index in [1.807, 2.05) is 6.92 Å². The van der Waals surface area contributed by atoms with Crippen LogP contribution in [0.2, 0.25) is 0 Å². The number of carbonyl (C=O) groups is 2. The lowest BCUT2D eigenvalue weighted by atomic mass is 9.67. The molecular weight excluding hydrogens is 168 g/mol. The van der Waals surface area contributed by atoms with E-state index in [0.29, 0.717) is 6.42 Å². The summed E-state index contributed by atoms with van der Waals surface area (Å²) in [6, 6.07) is 0. The summed E-state index contributed by atoms with van der Waals surface area (Å²) in [7, 11) is 0. The Morgan fingerprint density at radius 1 is 1.46 bits per heavy atom. The summed E-state index contributed by atoms with van der Waals surface area (Å²) in [5, 5.41) is 9.14. The summed E-state index contributed by atoms with van der Waals surface area (Å²) in [5.41, 5.74) is -1.01. The highest BCUT2D eigenvalue weighted by atomic mass is 16.4. The molecule has 1 unspecified atom stereocenters. The molecule has 0 aromatic carbocycles. The summed E-state index contributed by atoms with van der Waals surface area (Å²) in [5.74, 6) is -0.825. The second-order valence-corrected chi connectivity index (χ2v) is 4.35. The molecule has 0 saturated heterocycles. The third-order valence-corrected chi connectivity index (χ3v) is 3.87. The molecule has 13 heavy (non-hydrogen) atoms. The standard InChI is InChI=1S/C10H14O3/c1-6-2-3-7-4-5-10(6,8(7)11)9(12)13/h6-7H,2-5H2,1H3,(H,12,13)/t6?,7-,10-/m0/s1. The van der Waals surface area contributed by atoms with Crippen LogP contribution < -0.4 is 0 Å². The van der Waals surface area contributed by atoms with Crippen LogP contribution in [0.5, 0.6) is 0 Å². The summed E-state index contributed by atoms with van der Waals surface area (Å²) in [6.45, 7) is 1.90. The zero-order valence-corrected chi connectivity index (χ0v) is 7.75. The molecule has 0 aromatic rings. The van der Waals surface area contributed by atoms with E-state index < -0.39 is 11.4 Å². The zero-order valence-electron chi connectivity index (χ0n) is 7.75. The van der Waals surface area contributed by atoms with Gasteiger partial charge >= 0.3 is 5.97 Å². The number of rotatable bonds is 1. The van der Waals surface area contributed by atoms with Crippen molar-refractivity contribution in [2.24, 2.45) is 17.3 Å². The number of hydrogen-bond donors (Lipinski definition) is 1. The van der Waals surface area contributed by atoms with Crippen molar-refractivity contribution in [3.05, 3.63) is 0 Å². The van der Waals surface area contributed by atoms with Crippen molar-refractivity contribution in [1.29, 1.82) is 0 Å². The van der Waals surface area contributed by atoms with Crippen LogP contribution in [0.25, 0.3) is 0 Å². The maximum Gasteiger partial charge on any atom is 0.317 e. The number of ketones is 1. The minimum Gasteiger partial charge on any atom is -0.480 e. The molecule has 3 nitrogen and oxygen atoms in total. The van der Waals surface area contributed by atoms with Gasteiger partial charge in [0.2, 0.25) is 0 Å². The van der Waals surface area contributed by atoms with E-state index in [9.17, 15) is 9.59 Å². The van der Waals surface area contributed by atoms with E-state index in [0.717, 1.165) is 19.3 Å². The van der Waals surface area contributed by atoms with E-state index in [4.69, 9.17) is 5.11 Å². The number of carboxylic acids is 1. The molecule has 2 fully saturated rings. The third-order valence-electron chi connectivity index (χ3n) is 3.87. The maximum atomic E-state index is 11.8. The van der Waals surface area contributed by atoms with E-state index in [1.165, 1.54) is 0 Å². The summed E-state index contributed by atoms with van der Waals surface area (Å²) < 4.78 is 0. The molecule has 2 aliphatic carbocycles. The molecule has 2 bridgehead atoms. The van der Waals surface area contributed by atoms with Crippen molar-refractivity contribution in [3.63, 3.8) is 0 Å². The number of carbonyl (C=O) groups excluding carboxylic acids is 1. The second kappa shape index (κ2) is 2.56. The largest absolute Gasteiger partial charge is 0.480 e. The predicted octanol–water partition coefficient (Wildman–Crippen LogP) is 1.47. The Labute approximate surface area is 77.1 Å². The first-order valence-corrected chi connectivity index (χ1v) is 4.86. The Hall–Kier alpha value is -0.860. The van der Waals surface area contributed by atoms with Crippen LogP contribution >= 0.6 is 0 Å². The SMILES string of the molecule is CC1CC[C@H]2CC[C@@]1(C(=O)O)C2=O. The summed E-state index contributed by atoms with van der Waals surface area (Å²) in [6.07, 6.45) is 3.14. The van der Waals surface area contributed by atoms with Crippen LogP contribution in [0.4, 0.5) is 0 Å². The number of aliphatic carboxylic acids is 1. The predicted molar refractivity (Wildman–Crippen MR) is 46.2 cm³/mol. The quantitative estimate of drug-likeness (QED) is 0.625. The number of fused-ring (bicyclic) bond motifs is 2. The van der Waals surface area contributed by atoms with Crippen LogP contribution in [-0.4, -0.2) is 16.9 Å². The van der Waals surface area contributed by atoms with Crippen molar-refractivity contribution in [1.82, 2.24) is 0 Å². The van der Waals surface area contributed by atoms with Gasteiger partial charge in [0.1, 0.15) is 5.41 Å². The Balaban J connectivity index is 2.42. The first-order chi connectivity index (χ1) is 6.09. The van der Waals surface area contributed by atoms with Gasteiger partial charge in [-0.25, -0.2) is 0 Å². The number of hydrogen-bond acceptors (Lipinski definition) is 2. The van der Waals surface area contributed by atoms with E-state index >= 15 is 0 Å². The van der Waals surface area contributed by atoms with Crippen LogP contribution in [0.1, 0.15) is 32.6 Å². The van der Waals surface area contributed by atoms with E-state index in [1.54, 1.807) is 0 Å². The Kier molecular flexibility index (Phi) is 1.72. The van der Waals surface area contributed by atoms with Gasteiger partial charge in [0, 0.05) is 5.92 Å². The Morgan fingerprint density at radius 3 is 2.69 bits per heavy atom. The molecule has 0 aliphatic heterocycles. The number of Topliss-reactive ketones (excluding diaryl/α,β-unsaturated/α-hetero) is 1. The lowest BCUT2D eigenvalue weighted by Crippen LogP contribution is -2.45. The van der Waals surface area contributed by atoms with Gasteiger partial charge in [-0.2, -0.15) is 0 Å². The van der Waals surface area contributed by atoms with Crippen LogP contribution in [0.15, 0.2) is 0 Å². The molecule has 3 heteroatoms. The highest BCUT2D eigenvalue weighted by Gasteiger charge is 2.58. The fourth-order valence-corrected chi connectivity index (χ4v) is 2.91. The lowest BCUT2D eigenvalue weighted by molar-refractivity contribution is -0.159. The van der Waals surface area contributed by atoms with Gasteiger partial charge in [-0.05, 0) is 31.6 Å². The second-order valence-electron chi connectivity index (χ2n) is 4.35. The molecule has 0 amide bonds.